The summed E-state index contributed by atoms with van der Waals surface area (Å²) in [6.07, 6.45) is 0.676. The summed E-state index contributed by atoms with van der Waals surface area (Å²) in [5.41, 5.74) is 0.336. The van der Waals surface area contributed by atoms with Crippen LogP contribution in [0.3, 0.4) is 0 Å². The number of nitrogens with zero attached hydrogens (tertiary/aromatic N) is 1. The minimum Gasteiger partial charge on any atom is -0.399 e. The highest BCUT2D eigenvalue weighted by Gasteiger charge is 2.02. The van der Waals surface area contributed by atoms with Crippen molar-refractivity contribution in [1.29, 1.82) is 0 Å². The Hall–Kier alpha value is -1.16. The molecule has 58 valence electrons. The minimum atomic E-state index is 0.336. The van der Waals surface area contributed by atoms with Gasteiger partial charge in [-0.3, -0.25) is 4.79 Å². The first kappa shape index (κ1) is 7.94. The van der Waals surface area contributed by atoms with Gasteiger partial charge in [0, 0.05) is 0 Å². The second kappa shape index (κ2) is 3.88. The molecule has 0 spiro atoms. The second-order valence-corrected chi connectivity index (χ2v) is 2.70. The molecule has 0 aliphatic heterocycles. The molecule has 0 amide bonds. The molecule has 0 aliphatic rings. The Bertz CT molecular complexity index is 253. The molecule has 0 aromatic carbocycles. The van der Waals surface area contributed by atoms with Gasteiger partial charge in [-0.1, -0.05) is 11.2 Å². The summed E-state index contributed by atoms with van der Waals surface area (Å²) in [7, 11) is 1.41. The lowest BCUT2D eigenvalue weighted by molar-refractivity contribution is -0.102. The van der Waals surface area contributed by atoms with E-state index in [0.29, 0.717) is 12.0 Å². The highest BCUT2D eigenvalue weighted by atomic mass is 32.1. The molecule has 0 radical (unpaired) electrons. The van der Waals surface area contributed by atoms with E-state index in [2.05, 4.69) is 9.99 Å². The lowest BCUT2D eigenvalue weighted by Gasteiger charge is -1.90. The fourth-order valence-corrected chi connectivity index (χ4v) is 1.31. The van der Waals surface area contributed by atoms with Crippen molar-refractivity contribution in [2.45, 2.75) is 0 Å². The van der Waals surface area contributed by atoms with E-state index in [1.165, 1.54) is 18.4 Å². The number of aldehydes is 1. The number of hydrogen-bond donors (Lipinski definition) is 0. The average Bonchev–Trinajstić information content (AvgIpc) is 2.52. The fraction of sp³-hybridized carbons (Fsp3) is 0.143. The third-order valence-corrected chi connectivity index (χ3v) is 1.97. The number of carbonyl (C=O) groups is 1. The van der Waals surface area contributed by atoms with E-state index in [0.717, 1.165) is 4.88 Å². The molecule has 3 nitrogen and oxygen atoms in total. The van der Waals surface area contributed by atoms with Crippen LogP contribution in [0.4, 0.5) is 0 Å². The van der Waals surface area contributed by atoms with E-state index in [-0.39, 0.29) is 0 Å². The van der Waals surface area contributed by atoms with Crippen LogP contribution in [0.1, 0.15) is 4.88 Å². The van der Waals surface area contributed by atoms with Crippen molar-refractivity contribution in [2.75, 3.05) is 7.11 Å². The van der Waals surface area contributed by atoms with E-state index in [1.54, 1.807) is 0 Å². The van der Waals surface area contributed by atoms with E-state index < -0.39 is 0 Å². The molecule has 4 heteroatoms. The first-order valence-electron chi connectivity index (χ1n) is 2.98. The topological polar surface area (TPSA) is 38.7 Å². The number of oxime groups is 1. The van der Waals surface area contributed by atoms with Crippen LogP contribution in [0.2, 0.25) is 0 Å². The van der Waals surface area contributed by atoms with Crippen molar-refractivity contribution >= 4 is 23.3 Å². The van der Waals surface area contributed by atoms with Gasteiger partial charge in [-0.2, -0.15) is 0 Å². The highest BCUT2D eigenvalue weighted by molar-refractivity contribution is 7.12. The number of carbonyl (C=O) groups excluding carboxylic acids is 1. The predicted molar refractivity (Wildman–Crippen MR) is 43.9 cm³/mol. The molecular formula is C7H7NO2S. The van der Waals surface area contributed by atoms with Crippen LogP contribution in [0, 0.1) is 0 Å². The van der Waals surface area contributed by atoms with Gasteiger partial charge in [-0.25, -0.2) is 0 Å². The quantitative estimate of drug-likeness (QED) is 0.388. The van der Waals surface area contributed by atoms with Gasteiger partial charge in [0.05, 0.1) is 4.88 Å². The van der Waals surface area contributed by atoms with E-state index in [9.17, 15) is 4.79 Å². The zero-order chi connectivity index (χ0) is 8.10. The van der Waals surface area contributed by atoms with Crippen molar-refractivity contribution in [2.24, 2.45) is 5.16 Å². The summed E-state index contributed by atoms with van der Waals surface area (Å²) >= 11 is 1.45. The third-order valence-electron chi connectivity index (χ3n) is 1.07. The fourth-order valence-electron chi connectivity index (χ4n) is 0.647. The van der Waals surface area contributed by atoms with Gasteiger partial charge in [-0.15, -0.1) is 11.3 Å². The second-order valence-electron chi connectivity index (χ2n) is 1.75. The zero-order valence-electron chi connectivity index (χ0n) is 5.98. The van der Waals surface area contributed by atoms with Crippen molar-refractivity contribution in [3.8, 4) is 0 Å². The molecule has 1 aromatic rings. The van der Waals surface area contributed by atoms with Gasteiger partial charge in [0.2, 0.25) is 0 Å². The Morgan fingerprint density at radius 1 is 1.82 bits per heavy atom. The molecule has 1 heterocycles. The van der Waals surface area contributed by atoms with E-state index in [1.807, 2.05) is 17.5 Å². The van der Waals surface area contributed by atoms with Gasteiger partial charge >= 0.3 is 0 Å². The zero-order valence-corrected chi connectivity index (χ0v) is 6.80. The molecule has 0 fully saturated rings. The lowest BCUT2D eigenvalue weighted by atomic mass is 10.3. The predicted octanol–water partition coefficient (Wildman–Crippen LogP) is 1.30. The van der Waals surface area contributed by atoms with Crippen LogP contribution in [0.15, 0.2) is 22.7 Å². The van der Waals surface area contributed by atoms with E-state index in [4.69, 9.17) is 0 Å². The summed E-state index contributed by atoms with van der Waals surface area (Å²) in [5, 5.41) is 5.42. The maximum Gasteiger partial charge on any atom is 0.173 e. The molecule has 0 N–H and O–H groups in total. The third kappa shape index (κ3) is 1.88. The Balaban J connectivity index is 2.88. The highest BCUT2D eigenvalue weighted by Crippen LogP contribution is 2.08. The van der Waals surface area contributed by atoms with Gasteiger partial charge < -0.3 is 4.84 Å². The number of rotatable bonds is 3. The first-order valence-corrected chi connectivity index (χ1v) is 3.86. The summed E-state index contributed by atoms with van der Waals surface area (Å²) in [6, 6.07) is 3.67. The molecule has 0 saturated heterocycles. The molecule has 1 rings (SSSR count). The number of thiophene rings is 1. The average molecular weight is 169 g/mol. The van der Waals surface area contributed by atoms with Crippen LogP contribution in [-0.4, -0.2) is 19.1 Å². The standard InChI is InChI=1S/C7H7NO2S/c1-10-8-6(5-9)7-3-2-4-11-7/h2-5H,1H3. The summed E-state index contributed by atoms with van der Waals surface area (Å²) in [4.78, 5) is 15.7. The molecule has 0 unspecified atom stereocenters. The molecule has 1 aromatic heterocycles. The van der Waals surface area contributed by atoms with Crippen molar-refractivity contribution in [3.05, 3.63) is 22.4 Å². The van der Waals surface area contributed by atoms with Gasteiger partial charge in [0.25, 0.3) is 0 Å². The maximum atomic E-state index is 10.4. The van der Waals surface area contributed by atoms with Gasteiger partial charge in [0.15, 0.2) is 12.0 Å². The van der Waals surface area contributed by atoms with Crippen molar-refractivity contribution in [3.63, 3.8) is 0 Å². The van der Waals surface area contributed by atoms with Crippen molar-refractivity contribution in [1.82, 2.24) is 0 Å². The molecule has 0 atom stereocenters. The molecule has 0 aliphatic carbocycles. The molecule has 0 saturated carbocycles. The SMILES string of the molecule is CON=C(C=O)c1cccs1. The van der Waals surface area contributed by atoms with Gasteiger partial charge in [-0.05, 0) is 11.4 Å². The normalized spacial score (nSPS) is 11.2. The van der Waals surface area contributed by atoms with Crippen LogP contribution < -0.4 is 0 Å². The summed E-state index contributed by atoms with van der Waals surface area (Å²) in [6.45, 7) is 0. The number of hydrogen-bond acceptors (Lipinski definition) is 4. The molecule has 0 bridgehead atoms. The van der Waals surface area contributed by atoms with E-state index >= 15 is 0 Å². The largest absolute Gasteiger partial charge is 0.399 e. The van der Waals surface area contributed by atoms with Crippen LogP contribution in [-0.2, 0) is 9.63 Å². The first-order chi connectivity index (χ1) is 5.38. The smallest absolute Gasteiger partial charge is 0.173 e. The Labute approximate surface area is 68.3 Å². The van der Waals surface area contributed by atoms with Crippen LogP contribution in [0.5, 0.6) is 0 Å². The summed E-state index contributed by atoms with van der Waals surface area (Å²) < 4.78 is 0. The minimum absolute atomic E-state index is 0.336. The monoisotopic (exact) mass is 169 g/mol. The Morgan fingerprint density at radius 2 is 2.64 bits per heavy atom. The molecule has 11 heavy (non-hydrogen) atoms. The van der Waals surface area contributed by atoms with Gasteiger partial charge in [0.1, 0.15) is 7.11 Å². The van der Waals surface area contributed by atoms with Crippen LogP contribution >= 0.6 is 11.3 Å². The Morgan fingerprint density at radius 3 is 3.09 bits per heavy atom. The lowest BCUT2D eigenvalue weighted by Crippen LogP contribution is -1.99. The van der Waals surface area contributed by atoms with Crippen molar-refractivity contribution < 1.29 is 9.63 Å². The maximum absolute atomic E-state index is 10.4. The van der Waals surface area contributed by atoms with Crippen LogP contribution in [0.25, 0.3) is 0 Å². The Kier molecular flexibility index (Phi) is 2.80. The molecular weight excluding hydrogens is 162 g/mol. The summed E-state index contributed by atoms with van der Waals surface area (Å²) in [5.74, 6) is 0.